The van der Waals surface area contributed by atoms with Gasteiger partial charge in [-0.2, -0.15) is 0 Å². The van der Waals surface area contributed by atoms with E-state index >= 15 is 0 Å². The van der Waals surface area contributed by atoms with E-state index in [-0.39, 0.29) is 0 Å². The average molecular weight is 666 g/mol. The van der Waals surface area contributed by atoms with Crippen LogP contribution in [0, 0.1) is 0 Å². The fourth-order valence-electron chi connectivity index (χ4n) is 8.42. The number of furan rings is 3. The lowest BCUT2D eigenvalue weighted by atomic mass is 9.97. The minimum Gasteiger partial charge on any atom is -0.456 e. The molecule has 12 aromatic rings. The first-order chi connectivity index (χ1) is 25.7. The van der Waals surface area contributed by atoms with Gasteiger partial charge in [-0.25, -0.2) is 0 Å². The predicted octanol–water partition coefficient (Wildman–Crippen LogP) is 13.8. The van der Waals surface area contributed by atoms with Gasteiger partial charge in [0.15, 0.2) is 0 Å². The second kappa shape index (κ2) is 10.3. The molecule has 242 valence electrons. The first kappa shape index (κ1) is 27.7. The van der Waals surface area contributed by atoms with Gasteiger partial charge in [0.25, 0.3) is 0 Å². The normalized spacial score (nSPS) is 12.2. The van der Waals surface area contributed by atoms with Crippen LogP contribution < -0.4 is 0 Å². The minimum absolute atomic E-state index is 0.867. The van der Waals surface area contributed by atoms with Gasteiger partial charge in [-0.3, -0.25) is 0 Å². The van der Waals surface area contributed by atoms with E-state index in [0.717, 1.165) is 93.7 Å². The van der Waals surface area contributed by atoms with Crippen LogP contribution in [-0.4, -0.2) is 4.57 Å². The van der Waals surface area contributed by atoms with E-state index in [1.165, 1.54) is 21.9 Å². The van der Waals surface area contributed by atoms with Crippen molar-refractivity contribution in [3.05, 3.63) is 164 Å². The molecule has 0 aliphatic heterocycles. The van der Waals surface area contributed by atoms with Crippen LogP contribution in [0.5, 0.6) is 0 Å². The van der Waals surface area contributed by atoms with E-state index in [0.29, 0.717) is 0 Å². The van der Waals surface area contributed by atoms with Crippen molar-refractivity contribution in [2.45, 2.75) is 0 Å². The largest absolute Gasteiger partial charge is 0.456 e. The Labute approximate surface area is 296 Å². The molecule has 4 nitrogen and oxygen atoms in total. The third-order valence-electron chi connectivity index (χ3n) is 10.8. The summed E-state index contributed by atoms with van der Waals surface area (Å²) >= 11 is 0. The first-order valence-electron chi connectivity index (χ1n) is 17.6. The molecule has 4 aromatic heterocycles. The van der Waals surface area contributed by atoms with Gasteiger partial charge in [-0.15, -0.1) is 0 Å². The van der Waals surface area contributed by atoms with E-state index in [2.05, 4.69) is 144 Å². The zero-order valence-corrected chi connectivity index (χ0v) is 27.8. The average Bonchev–Trinajstić information content (AvgIpc) is 3.95. The molecule has 0 amide bonds. The first-order valence-corrected chi connectivity index (χ1v) is 17.6. The van der Waals surface area contributed by atoms with Crippen LogP contribution in [-0.2, 0) is 0 Å². The Morgan fingerprint density at radius 3 is 1.60 bits per heavy atom. The number of hydrogen-bond donors (Lipinski definition) is 0. The van der Waals surface area contributed by atoms with Gasteiger partial charge in [-0.05, 0) is 101 Å². The Kier molecular flexibility index (Phi) is 5.47. The van der Waals surface area contributed by atoms with Crippen molar-refractivity contribution >= 4 is 87.6 Å². The number of hydrogen-bond acceptors (Lipinski definition) is 3. The van der Waals surface area contributed by atoms with Gasteiger partial charge >= 0.3 is 0 Å². The number of nitrogens with zero attached hydrogens (tertiary/aromatic N) is 1. The smallest absolute Gasteiger partial charge is 0.136 e. The van der Waals surface area contributed by atoms with E-state index in [4.69, 9.17) is 13.3 Å². The van der Waals surface area contributed by atoms with Crippen LogP contribution >= 0.6 is 0 Å². The molecule has 4 heterocycles. The second-order valence-corrected chi connectivity index (χ2v) is 13.7. The van der Waals surface area contributed by atoms with Crippen LogP contribution in [0.1, 0.15) is 0 Å². The summed E-state index contributed by atoms with van der Waals surface area (Å²) in [5.41, 5.74) is 13.4. The predicted molar refractivity (Wildman–Crippen MR) is 213 cm³/mol. The minimum atomic E-state index is 0.867. The molecule has 0 spiro atoms. The van der Waals surface area contributed by atoms with Gasteiger partial charge in [-0.1, -0.05) is 84.9 Å². The van der Waals surface area contributed by atoms with Crippen LogP contribution in [0.4, 0.5) is 0 Å². The molecule has 8 aromatic carbocycles. The summed E-state index contributed by atoms with van der Waals surface area (Å²) in [7, 11) is 0. The lowest BCUT2D eigenvalue weighted by molar-refractivity contribution is 0.668. The molecule has 0 fully saturated rings. The number of benzene rings is 8. The van der Waals surface area contributed by atoms with Crippen molar-refractivity contribution in [3.8, 4) is 27.9 Å². The zero-order valence-electron chi connectivity index (χ0n) is 27.8. The second-order valence-electron chi connectivity index (χ2n) is 13.7. The highest BCUT2D eigenvalue weighted by atomic mass is 16.3. The van der Waals surface area contributed by atoms with Gasteiger partial charge in [0.1, 0.15) is 33.5 Å². The Bertz CT molecular complexity index is 3420. The van der Waals surface area contributed by atoms with Gasteiger partial charge in [0.2, 0.25) is 0 Å². The van der Waals surface area contributed by atoms with Crippen LogP contribution in [0.25, 0.3) is 116 Å². The molecule has 0 radical (unpaired) electrons. The summed E-state index contributed by atoms with van der Waals surface area (Å²) in [5, 5.41) is 9.13. The van der Waals surface area contributed by atoms with E-state index < -0.39 is 0 Å². The monoisotopic (exact) mass is 665 g/mol. The van der Waals surface area contributed by atoms with Gasteiger partial charge < -0.3 is 17.8 Å². The molecule has 0 aliphatic rings. The summed E-state index contributed by atoms with van der Waals surface area (Å²) in [6, 6.07) is 57.9. The molecule has 52 heavy (non-hydrogen) atoms. The quantitative estimate of drug-likeness (QED) is 0.189. The molecular weight excluding hydrogens is 639 g/mol. The summed E-state index contributed by atoms with van der Waals surface area (Å²) in [6.45, 7) is 0. The summed E-state index contributed by atoms with van der Waals surface area (Å²) in [4.78, 5) is 0. The van der Waals surface area contributed by atoms with E-state index in [9.17, 15) is 0 Å². The molecule has 4 heteroatoms. The molecule has 12 rings (SSSR count). The zero-order chi connectivity index (χ0) is 33.9. The highest BCUT2D eigenvalue weighted by molar-refractivity contribution is 6.16. The fourth-order valence-corrected chi connectivity index (χ4v) is 8.42. The number of rotatable bonds is 3. The summed E-state index contributed by atoms with van der Waals surface area (Å²) in [6.07, 6.45) is 0. The molecule has 0 saturated heterocycles. The van der Waals surface area contributed by atoms with Crippen molar-refractivity contribution in [1.29, 1.82) is 0 Å². The maximum absolute atomic E-state index is 6.49. The maximum atomic E-state index is 6.49. The molecule has 0 N–H and O–H groups in total. The van der Waals surface area contributed by atoms with Gasteiger partial charge in [0.05, 0.1) is 11.0 Å². The standard InChI is InChI=1S/C48H27NO3/c1-4-12-40-33(8-1)36-24-28(29-17-21-44-37(25-29)34-9-2-5-13-42(34)50-44)16-20-41(36)49(40)31-19-23-46-39(27-31)48-32(11-7-15-47(48)52-46)30-18-22-45-38(26-30)35-10-3-6-14-43(35)51-45/h1-27H. The van der Waals surface area contributed by atoms with Crippen molar-refractivity contribution < 1.29 is 13.3 Å². The number of fused-ring (bicyclic) bond motifs is 12. The third kappa shape index (κ3) is 3.86. The topological polar surface area (TPSA) is 44.4 Å². The van der Waals surface area contributed by atoms with E-state index in [1.54, 1.807) is 0 Å². The molecule has 0 bridgehead atoms. The Balaban J connectivity index is 1.04. The van der Waals surface area contributed by atoms with Crippen molar-refractivity contribution in [1.82, 2.24) is 4.57 Å². The molecule has 0 unspecified atom stereocenters. The van der Waals surface area contributed by atoms with Crippen LogP contribution in [0.15, 0.2) is 177 Å². The van der Waals surface area contributed by atoms with Crippen molar-refractivity contribution in [2.75, 3.05) is 0 Å². The lowest BCUT2D eigenvalue weighted by Gasteiger charge is -2.09. The van der Waals surface area contributed by atoms with Crippen molar-refractivity contribution in [2.24, 2.45) is 0 Å². The molecule has 0 atom stereocenters. The third-order valence-corrected chi connectivity index (χ3v) is 10.8. The maximum Gasteiger partial charge on any atom is 0.136 e. The summed E-state index contributed by atoms with van der Waals surface area (Å²) < 4.78 is 21.1. The van der Waals surface area contributed by atoms with Crippen LogP contribution in [0.3, 0.4) is 0 Å². The molecule has 0 saturated carbocycles. The van der Waals surface area contributed by atoms with E-state index in [1.807, 2.05) is 24.3 Å². The fraction of sp³-hybridized carbons (Fsp3) is 0. The highest BCUT2D eigenvalue weighted by Crippen LogP contribution is 2.42. The SMILES string of the molecule is c1ccc2c(c1)oc1ccc(-c3ccc4c(c3)c3ccccc3n4-c3ccc4oc5cccc(-c6ccc7oc8ccccc8c7c6)c5c4c3)cc12. The van der Waals surface area contributed by atoms with Crippen molar-refractivity contribution in [3.63, 3.8) is 0 Å². The van der Waals surface area contributed by atoms with Crippen LogP contribution in [0.2, 0.25) is 0 Å². The number of para-hydroxylation sites is 3. The van der Waals surface area contributed by atoms with Gasteiger partial charge in [0, 0.05) is 48.8 Å². The highest BCUT2D eigenvalue weighted by Gasteiger charge is 2.18. The molecule has 0 aliphatic carbocycles. The Morgan fingerprint density at radius 1 is 0.308 bits per heavy atom. The number of aromatic nitrogens is 1. The Hall–Kier alpha value is -7.04. The molecular formula is C48H27NO3. The Morgan fingerprint density at radius 2 is 0.827 bits per heavy atom. The summed E-state index contributed by atoms with van der Waals surface area (Å²) in [5.74, 6) is 0. The lowest BCUT2D eigenvalue weighted by Crippen LogP contribution is -1.93.